The van der Waals surface area contributed by atoms with Gasteiger partial charge in [-0.2, -0.15) is 0 Å². The van der Waals surface area contributed by atoms with Gasteiger partial charge in [-0.05, 0) is 37.0 Å². The first-order chi connectivity index (χ1) is 7.69. The summed E-state index contributed by atoms with van der Waals surface area (Å²) in [5.74, 6) is 0.0424. The van der Waals surface area contributed by atoms with Crippen LogP contribution in [0.4, 0.5) is 0 Å². The molecule has 0 aromatic carbocycles. The number of methoxy groups -OCH3 is 3. The molecule has 92 valence electrons. The fourth-order valence-electron chi connectivity index (χ4n) is 4.48. The zero-order valence-electron chi connectivity index (χ0n) is 10.3. The van der Waals surface area contributed by atoms with E-state index in [0.29, 0.717) is 5.92 Å². The molecule has 16 heavy (non-hydrogen) atoms. The van der Waals surface area contributed by atoms with Gasteiger partial charge in [0.05, 0.1) is 0 Å². The van der Waals surface area contributed by atoms with Crippen molar-refractivity contribution < 1.29 is 14.2 Å². The van der Waals surface area contributed by atoms with Crippen LogP contribution in [0.3, 0.4) is 0 Å². The molecule has 4 rings (SSSR count). The Balaban J connectivity index is 2.04. The van der Waals surface area contributed by atoms with Gasteiger partial charge >= 0.3 is 0 Å². The smallest absolute Gasteiger partial charge is 0.200 e. The number of ether oxygens (including phenoxy) is 3. The van der Waals surface area contributed by atoms with E-state index in [2.05, 4.69) is 0 Å². The highest BCUT2D eigenvalue weighted by molar-refractivity contribution is 7.40. The number of hydrogen-bond acceptors (Lipinski definition) is 3. The predicted molar refractivity (Wildman–Crippen MR) is 64.3 cm³/mol. The van der Waals surface area contributed by atoms with E-state index in [1.54, 1.807) is 14.2 Å². The van der Waals surface area contributed by atoms with Crippen LogP contribution < -0.4 is 0 Å². The first-order valence-corrected chi connectivity index (χ1v) is 7.26. The second kappa shape index (κ2) is 3.65. The Morgan fingerprint density at radius 3 is 1.94 bits per heavy atom. The van der Waals surface area contributed by atoms with Crippen molar-refractivity contribution in [1.29, 1.82) is 0 Å². The number of rotatable bonds is 3. The largest absolute Gasteiger partial charge is 0.373 e. The van der Waals surface area contributed by atoms with Gasteiger partial charge in [-0.25, -0.2) is 0 Å². The summed E-state index contributed by atoms with van der Waals surface area (Å²) in [5, 5.41) is 0. The van der Waals surface area contributed by atoms with E-state index in [9.17, 15) is 0 Å². The maximum absolute atomic E-state index is 5.90. The minimum absolute atomic E-state index is 0.182. The molecule has 4 heteroatoms. The Kier molecular flexibility index (Phi) is 2.60. The van der Waals surface area contributed by atoms with Gasteiger partial charge in [-0.15, -0.1) is 8.58 Å². The predicted octanol–water partition coefficient (Wildman–Crippen LogP) is 1.99. The third-order valence-electron chi connectivity index (χ3n) is 4.93. The van der Waals surface area contributed by atoms with Crippen molar-refractivity contribution in [2.24, 2.45) is 5.92 Å². The summed E-state index contributed by atoms with van der Waals surface area (Å²) in [6.45, 7) is 0. The average Bonchev–Trinajstić information content (AvgIpc) is 2.29. The van der Waals surface area contributed by atoms with Crippen LogP contribution >= 0.6 is 8.58 Å². The number of hydrogen-bond donors (Lipinski definition) is 0. The molecule has 0 aromatic heterocycles. The summed E-state index contributed by atoms with van der Waals surface area (Å²) >= 11 is 0. The van der Waals surface area contributed by atoms with Crippen LogP contribution in [-0.4, -0.2) is 44.0 Å². The molecule has 2 atom stereocenters. The molecule has 2 aliphatic carbocycles. The maximum Gasteiger partial charge on any atom is 0.200 e. The van der Waals surface area contributed by atoms with Gasteiger partial charge in [0.2, 0.25) is 0 Å². The van der Waals surface area contributed by atoms with E-state index in [1.807, 2.05) is 7.11 Å². The minimum Gasteiger partial charge on any atom is -0.373 e. The topological polar surface area (TPSA) is 27.7 Å². The summed E-state index contributed by atoms with van der Waals surface area (Å²) < 4.78 is 17.5. The van der Waals surface area contributed by atoms with Crippen molar-refractivity contribution in [1.82, 2.24) is 0 Å². The molecular weight excluding hydrogens is 223 g/mol. The fourth-order valence-corrected chi connectivity index (χ4v) is 6.88. The molecule has 0 spiro atoms. The van der Waals surface area contributed by atoms with Crippen molar-refractivity contribution >= 4 is 8.58 Å². The van der Waals surface area contributed by atoms with Crippen LogP contribution in [0, 0.1) is 5.92 Å². The van der Waals surface area contributed by atoms with Gasteiger partial charge in [0.25, 0.3) is 0 Å². The van der Waals surface area contributed by atoms with E-state index >= 15 is 0 Å². The highest BCUT2D eigenvalue weighted by Gasteiger charge is 2.67. The molecule has 2 unspecified atom stereocenters. The summed E-state index contributed by atoms with van der Waals surface area (Å²) in [7, 11) is 6.51. The molecule has 4 fully saturated rings. The molecule has 0 radical (unpaired) electrons. The fraction of sp³-hybridized carbons (Fsp3) is 1.00. The zero-order valence-corrected chi connectivity index (χ0v) is 11.3. The van der Waals surface area contributed by atoms with Gasteiger partial charge in [0, 0.05) is 27.2 Å². The SMILES string of the molecule is COC12CC3CC(CC(C1)P3)C2(OC)OC. The molecule has 2 aliphatic heterocycles. The summed E-state index contributed by atoms with van der Waals surface area (Å²) in [6, 6.07) is 0. The van der Waals surface area contributed by atoms with Crippen LogP contribution in [0.15, 0.2) is 0 Å². The van der Waals surface area contributed by atoms with Crippen molar-refractivity contribution in [2.75, 3.05) is 21.3 Å². The molecule has 3 nitrogen and oxygen atoms in total. The summed E-state index contributed by atoms with van der Waals surface area (Å²) in [6.07, 6.45) is 4.77. The Labute approximate surface area is 99.0 Å². The van der Waals surface area contributed by atoms with E-state index in [-0.39, 0.29) is 5.60 Å². The zero-order chi connectivity index (χ0) is 11.4. The van der Waals surface area contributed by atoms with Crippen molar-refractivity contribution in [2.45, 2.75) is 48.4 Å². The van der Waals surface area contributed by atoms with Gasteiger partial charge < -0.3 is 14.2 Å². The second-order valence-electron chi connectivity index (χ2n) is 5.41. The molecule has 0 amide bonds. The van der Waals surface area contributed by atoms with Gasteiger partial charge in [-0.3, -0.25) is 0 Å². The normalized spacial score (nSPS) is 50.1. The third-order valence-corrected chi connectivity index (χ3v) is 6.75. The highest BCUT2D eigenvalue weighted by Crippen LogP contribution is 2.64. The standard InChI is InChI=1S/C12H21O3P/c1-13-11-6-9-4-8(5-10(7-11)16-9)12(11,14-2)15-3/h8-10,16H,4-7H2,1-3H3. The Bertz CT molecular complexity index is 276. The van der Waals surface area contributed by atoms with Crippen LogP contribution in [0.25, 0.3) is 0 Å². The molecule has 0 aromatic rings. The van der Waals surface area contributed by atoms with Crippen LogP contribution in [0.5, 0.6) is 0 Å². The molecule has 4 aliphatic rings. The average molecular weight is 244 g/mol. The van der Waals surface area contributed by atoms with E-state index < -0.39 is 5.79 Å². The van der Waals surface area contributed by atoms with Crippen molar-refractivity contribution in [3.8, 4) is 0 Å². The first kappa shape index (κ1) is 11.4. The lowest BCUT2D eigenvalue weighted by Crippen LogP contribution is -2.71. The van der Waals surface area contributed by atoms with Gasteiger partial charge in [0.1, 0.15) is 5.60 Å². The van der Waals surface area contributed by atoms with Gasteiger partial charge in [-0.1, -0.05) is 0 Å². The first-order valence-electron chi connectivity index (χ1n) is 6.11. The summed E-state index contributed by atoms with van der Waals surface area (Å²) in [4.78, 5) is 0. The lowest BCUT2D eigenvalue weighted by atomic mass is 9.63. The maximum atomic E-state index is 5.90. The molecule has 0 N–H and O–H groups in total. The highest BCUT2D eigenvalue weighted by atomic mass is 31.1. The molecule has 4 bridgehead atoms. The van der Waals surface area contributed by atoms with Crippen LogP contribution in [0.2, 0.25) is 0 Å². The Morgan fingerprint density at radius 2 is 1.50 bits per heavy atom. The van der Waals surface area contributed by atoms with Crippen LogP contribution in [-0.2, 0) is 14.2 Å². The molecule has 2 saturated heterocycles. The lowest BCUT2D eigenvalue weighted by Gasteiger charge is -2.64. The Morgan fingerprint density at radius 1 is 0.938 bits per heavy atom. The second-order valence-corrected chi connectivity index (χ2v) is 7.38. The van der Waals surface area contributed by atoms with E-state index in [4.69, 9.17) is 14.2 Å². The quantitative estimate of drug-likeness (QED) is 0.561. The van der Waals surface area contributed by atoms with E-state index in [0.717, 1.165) is 32.7 Å². The van der Waals surface area contributed by atoms with E-state index in [1.165, 1.54) is 12.8 Å². The van der Waals surface area contributed by atoms with Crippen molar-refractivity contribution in [3.05, 3.63) is 0 Å². The Hall–Kier alpha value is 0.310. The molecule has 2 saturated carbocycles. The summed E-state index contributed by atoms with van der Waals surface area (Å²) in [5.41, 5.74) is 1.53. The van der Waals surface area contributed by atoms with Gasteiger partial charge in [0.15, 0.2) is 5.79 Å². The molecule has 2 heterocycles. The van der Waals surface area contributed by atoms with Crippen LogP contribution in [0.1, 0.15) is 25.7 Å². The monoisotopic (exact) mass is 244 g/mol. The lowest BCUT2D eigenvalue weighted by molar-refractivity contribution is -0.360. The molecular formula is C12H21O3P. The minimum atomic E-state index is -0.486. The third kappa shape index (κ3) is 1.18. The van der Waals surface area contributed by atoms with Crippen molar-refractivity contribution in [3.63, 3.8) is 0 Å².